The Morgan fingerprint density at radius 2 is 2.06 bits per heavy atom. The number of carbonyl (C=O) groups is 1. The molecule has 1 fully saturated rings. The first-order valence-electron chi connectivity index (χ1n) is 6.43. The summed E-state index contributed by atoms with van der Waals surface area (Å²) >= 11 is 0. The molecule has 0 saturated carbocycles. The van der Waals surface area contributed by atoms with E-state index in [1.54, 1.807) is 6.92 Å². The normalized spacial score (nSPS) is 21.4. The molecule has 0 spiro atoms. The van der Waals surface area contributed by atoms with Gasteiger partial charge in [-0.3, -0.25) is 0 Å². The van der Waals surface area contributed by atoms with Crippen LogP contribution in [0.4, 0.5) is 0 Å². The second kappa shape index (κ2) is 6.36. The molecular weight excluding hydrogens is 220 g/mol. The van der Waals surface area contributed by atoms with E-state index in [9.17, 15) is 9.90 Å². The van der Waals surface area contributed by atoms with Gasteiger partial charge in [0.15, 0.2) is 5.60 Å². The maximum absolute atomic E-state index is 11.4. The molecule has 4 heteroatoms. The first-order valence-corrected chi connectivity index (χ1v) is 6.43. The van der Waals surface area contributed by atoms with Crippen LogP contribution in [-0.2, 0) is 14.3 Å². The Hall–Kier alpha value is -0.610. The van der Waals surface area contributed by atoms with E-state index < -0.39 is 11.6 Å². The molecule has 1 unspecified atom stereocenters. The third kappa shape index (κ3) is 4.64. The molecule has 1 aliphatic heterocycles. The first-order chi connectivity index (χ1) is 7.94. The fraction of sp³-hybridized carbons (Fsp3) is 0.923. The maximum atomic E-state index is 11.4. The van der Waals surface area contributed by atoms with E-state index in [0.717, 1.165) is 19.3 Å². The van der Waals surface area contributed by atoms with Crippen molar-refractivity contribution in [1.29, 1.82) is 0 Å². The van der Waals surface area contributed by atoms with Gasteiger partial charge in [-0.1, -0.05) is 13.8 Å². The van der Waals surface area contributed by atoms with Gasteiger partial charge in [-0.25, -0.2) is 4.79 Å². The molecule has 1 heterocycles. The van der Waals surface area contributed by atoms with Crippen LogP contribution in [0.25, 0.3) is 0 Å². The summed E-state index contributed by atoms with van der Waals surface area (Å²) in [4.78, 5) is 11.4. The minimum atomic E-state index is -1.05. The Kier molecular flexibility index (Phi) is 5.40. The van der Waals surface area contributed by atoms with E-state index >= 15 is 0 Å². The van der Waals surface area contributed by atoms with E-state index in [0.29, 0.717) is 25.6 Å². The Labute approximate surface area is 103 Å². The quantitative estimate of drug-likeness (QED) is 0.779. The van der Waals surface area contributed by atoms with Crippen molar-refractivity contribution in [3.63, 3.8) is 0 Å². The minimum Gasteiger partial charge on any atom is -0.479 e. The number of ether oxygens (including phenoxy) is 2. The lowest BCUT2D eigenvalue weighted by Crippen LogP contribution is -2.43. The zero-order chi connectivity index (χ0) is 12.9. The summed E-state index contributed by atoms with van der Waals surface area (Å²) in [6.45, 7) is 7.22. The van der Waals surface area contributed by atoms with Crippen molar-refractivity contribution in [1.82, 2.24) is 0 Å². The number of carboxylic acid groups (broad SMARTS) is 1. The third-order valence-electron chi connectivity index (χ3n) is 3.25. The summed E-state index contributed by atoms with van der Waals surface area (Å²) in [6, 6.07) is 0. The molecule has 0 aliphatic carbocycles. The minimum absolute atomic E-state index is 0.0250. The number of aliphatic carboxylic acids is 1. The fourth-order valence-corrected chi connectivity index (χ4v) is 1.94. The summed E-state index contributed by atoms with van der Waals surface area (Å²) in [6.07, 6.45) is 3.05. The maximum Gasteiger partial charge on any atom is 0.335 e. The SMILES string of the molecule is CC(C)CCC(C)(OC1CCOCC1)C(=O)O. The Bertz CT molecular complexity index is 246. The molecule has 100 valence electrons. The summed E-state index contributed by atoms with van der Waals surface area (Å²) in [5, 5.41) is 9.32. The standard InChI is InChI=1S/C13H24O4/c1-10(2)4-7-13(3,12(14)15)17-11-5-8-16-9-6-11/h10-11H,4-9H2,1-3H3,(H,14,15). The average Bonchev–Trinajstić information content (AvgIpc) is 2.27. The van der Waals surface area contributed by atoms with Crippen LogP contribution in [0.5, 0.6) is 0 Å². The van der Waals surface area contributed by atoms with Crippen molar-refractivity contribution in [3.05, 3.63) is 0 Å². The summed E-state index contributed by atoms with van der Waals surface area (Å²) in [5.74, 6) is -0.364. The van der Waals surface area contributed by atoms with Crippen molar-refractivity contribution in [3.8, 4) is 0 Å². The Morgan fingerprint density at radius 1 is 1.47 bits per heavy atom. The van der Waals surface area contributed by atoms with Gasteiger partial charge in [0.25, 0.3) is 0 Å². The van der Waals surface area contributed by atoms with Crippen LogP contribution in [-0.4, -0.2) is 36.0 Å². The largest absolute Gasteiger partial charge is 0.479 e. The van der Waals surface area contributed by atoms with Crippen LogP contribution in [0.1, 0.15) is 46.5 Å². The lowest BCUT2D eigenvalue weighted by Gasteiger charge is -2.33. The molecule has 0 aromatic rings. The highest BCUT2D eigenvalue weighted by Crippen LogP contribution is 2.26. The van der Waals surface area contributed by atoms with Crippen LogP contribution in [0.3, 0.4) is 0 Å². The first kappa shape index (κ1) is 14.5. The third-order valence-corrected chi connectivity index (χ3v) is 3.25. The molecule has 4 nitrogen and oxygen atoms in total. The second-order valence-electron chi connectivity index (χ2n) is 5.40. The van der Waals surface area contributed by atoms with Crippen LogP contribution >= 0.6 is 0 Å². The molecular formula is C13H24O4. The number of hydrogen-bond acceptors (Lipinski definition) is 3. The van der Waals surface area contributed by atoms with Crippen LogP contribution in [0.2, 0.25) is 0 Å². The molecule has 1 atom stereocenters. The molecule has 0 aromatic heterocycles. The van der Waals surface area contributed by atoms with E-state index in [2.05, 4.69) is 13.8 Å². The van der Waals surface area contributed by atoms with Gasteiger partial charge in [-0.2, -0.15) is 0 Å². The number of hydrogen-bond donors (Lipinski definition) is 1. The zero-order valence-electron chi connectivity index (χ0n) is 11.1. The second-order valence-corrected chi connectivity index (χ2v) is 5.40. The van der Waals surface area contributed by atoms with Gasteiger partial charge < -0.3 is 14.6 Å². The zero-order valence-corrected chi connectivity index (χ0v) is 11.1. The van der Waals surface area contributed by atoms with Gasteiger partial charge in [-0.15, -0.1) is 0 Å². The Balaban J connectivity index is 2.53. The van der Waals surface area contributed by atoms with Gasteiger partial charge in [-0.05, 0) is 38.5 Å². The highest BCUT2D eigenvalue weighted by Gasteiger charge is 2.37. The van der Waals surface area contributed by atoms with Crippen molar-refractivity contribution in [2.24, 2.45) is 5.92 Å². The van der Waals surface area contributed by atoms with E-state index in [-0.39, 0.29) is 6.10 Å². The molecule has 0 bridgehead atoms. The molecule has 17 heavy (non-hydrogen) atoms. The molecule has 1 rings (SSSR count). The Morgan fingerprint density at radius 3 is 2.53 bits per heavy atom. The average molecular weight is 244 g/mol. The monoisotopic (exact) mass is 244 g/mol. The van der Waals surface area contributed by atoms with Gasteiger partial charge in [0, 0.05) is 13.2 Å². The lowest BCUT2D eigenvalue weighted by atomic mass is 9.94. The van der Waals surface area contributed by atoms with Gasteiger partial charge in [0.2, 0.25) is 0 Å². The molecule has 1 aliphatic rings. The molecule has 0 amide bonds. The van der Waals surface area contributed by atoms with E-state index in [1.807, 2.05) is 0 Å². The van der Waals surface area contributed by atoms with Crippen molar-refractivity contribution < 1.29 is 19.4 Å². The van der Waals surface area contributed by atoms with Crippen molar-refractivity contribution >= 4 is 5.97 Å². The number of carboxylic acids is 1. The molecule has 0 aromatic carbocycles. The molecule has 1 N–H and O–H groups in total. The fourth-order valence-electron chi connectivity index (χ4n) is 1.94. The number of rotatable bonds is 6. The summed E-state index contributed by atoms with van der Waals surface area (Å²) in [5.41, 5.74) is -1.05. The van der Waals surface area contributed by atoms with Crippen LogP contribution in [0.15, 0.2) is 0 Å². The van der Waals surface area contributed by atoms with Crippen LogP contribution < -0.4 is 0 Å². The van der Waals surface area contributed by atoms with E-state index in [4.69, 9.17) is 9.47 Å². The van der Waals surface area contributed by atoms with Crippen molar-refractivity contribution in [2.75, 3.05) is 13.2 Å². The van der Waals surface area contributed by atoms with Gasteiger partial charge in [0.05, 0.1) is 6.10 Å². The summed E-state index contributed by atoms with van der Waals surface area (Å²) < 4.78 is 11.1. The predicted molar refractivity (Wildman–Crippen MR) is 65.0 cm³/mol. The highest BCUT2D eigenvalue weighted by atomic mass is 16.5. The van der Waals surface area contributed by atoms with E-state index in [1.165, 1.54) is 0 Å². The molecule has 0 radical (unpaired) electrons. The predicted octanol–water partition coefficient (Wildman–Crippen LogP) is 2.46. The lowest BCUT2D eigenvalue weighted by molar-refractivity contribution is -0.178. The van der Waals surface area contributed by atoms with Crippen LogP contribution in [0, 0.1) is 5.92 Å². The molecule has 1 saturated heterocycles. The van der Waals surface area contributed by atoms with Crippen molar-refractivity contribution in [2.45, 2.75) is 58.2 Å². The van der Waals surface area contributed by atoms with Gasteiger partial charge >= 0.3 is 5.97 Å². The topological polar surface area (TPSA) is 55.8 Å². The highest BCUT2D eigenvalue weighted by molar-refractivity contribution is 5.76. The summed E-state index contributed by atoms with van der Waals surface area (Å²) in [7, 11) is 0. The smallest absolute Gasteiger partial charge is 0.335 e. The van der Waals surface area contributed by atoms with Gasteiger partial charge in [0.1, 0.15) is 0 Å².